The van der Waals surface area contributed by atoms with Gasteiger partial charge in [-0.05, 0) is 47.9 Å². The van der Waals surface area contributed by atoms with E-state index in [1.807, 2.05) is 48.5 Å². The van der Waals surface area contributed by atoms with Gasteiger partial charge in [-0.15, -0.1) is 11.8 Å². The number of nitrogens with zero attached hydrogens (tertiary/aromatic N) is 2. The number of thioether (sulfide) groups is 1. The quantitative estimate of drug-likeness (QED) is 0.171. The largest absolute Gasteiger partial charge is 0.489 e. The summed E-state index contributed by atoms with van der Waals surface area (Å²) >= 11 is 2.85. The van der Waals surface area contributed by atoms with E-state index in [0.29, 0.717) is 12.3 Å². The number of aromatic nitrogens is 1. The molecule has 2 aliphatic heterocycles. The molecule has 7 atom stereocenters. The highest BCUT2D eigenvalue weighted by Crippen LogP contribution is 2.69. The average molecular weight is 612 g/mol. The van der Waals surface area contributed by atoms with Crippen molar-refractivity contribution in [1.82, 2.24) is 4.98 Å². The Morgan fingerprint density at radius 1 is 0.907 bits per heavy atom. The van der Waals surface area contributed by atoms with Crippen molar-refractivity contribution in [2.75, 3.05) is 4.90 Å². The third-order valence-corrected chi connectivity index (χ3v) is 12.1. The smallest absolute Gasteiger partial charge is 0.305 e. The molecule has 3 fully saturated rings. The lowest BCUT2D eigenvalue weighted by Gasteiger charge is -2.43. The van der Waals surface area contributed by atoms with Gasteiger partial charge in [0.1, 0.15) is 12.4 Å². The van der Waals surface area contributed by atoms with Gasteiger partial charge in [0.2, 0.25) is 11.8 Å². The number of hydrogen-bond donors (Lipinski definition) is 1. The van der Waals surface area contributed by atoms with Crippen LogP contribution in [0.25, 0.3) is 0 Å². The molecule has 216 valence electrons. The molecule has 0 radical (unpaired) electrons. The summed E-state index contributed by atoms with van der Waals surface area (Å²) in [5, 5.41) is 12.0. The van der Waals surface area contributed by atoms with Crippen molar-refractivity contribution in [2.45, 2.75) is 29.2 Å². The van der Waals surface area contributed by atoms with Crippen LogP contribution in [0.15, 0.2) is 88.7 Å². The van der Waals surface area contributed by atoms with Crippen LogP contribution in [0.1, 0.15) is 28.3 Å². The second kappa shape index (κ2) is 9.92. The Morgan fingerprint density at radius 3 is 2.35 bits per heavy atom. The fourth-order valence-electron chi connectivity index (χ4n) is 7.95. The van der Waals surface area contributed by atoms with E-state index in [1.54, 1.807) is 11.8 Å². The minimum atomic E-state index is -0.501. The van der Waals surface area contributed by atoms with Crippen LogP contribution in [0, 0.1) is 39.7 Å². The van der Waals surface area contributed by atoms with E-state index in [9.17, 15) is 24.5 Å². The summed E-state index contributed by atoms with van der Waals surface area (Å²) in [5.74, 6) is -0.844. The zero-order chi connectivity index (χ0) is 29.4. The molecule has 1 aromatic heterocycles. The molecule has 11 heteroatoms. The zero-order valence-electron chi connectivity index (χ0n) is 22.6. The molecular weight excluding hydrogens is 587 g/mol. The highest BCUT2D eigenvalue weighted by atomic mass is 32.2. The lowest BCUT2D eigenvalue weighted by atomic mass is 9.68. The number of nitro benzene ring substituents is 1. The molecule has 1 N–H and O–H groups in total. The van der Waals surface area contributed by atoms with Gasteiger partial charge < -0.3 is 9.72 Å². The van der Waals surface area contributed by atoms with Gasteiger partial charge in [-0.3, -0.25) is 29.4 Å². The van der Waals surface area contributed by atoms with Crippen LogP contribution in [-0.2, 0) is 16.2 Å². The van der Waals surface area contributed by atoms with Crippen molar-refractivity contribution >= 4 is 46.3 Å². The van der Waals surface area contributed by atoms with Gasteiger partial charge in [-0.2, -0.15) is 0 Å². The van der Waals surface area contributed by atoms with Crippen molar-refractivity contribution in [3.8, 4) is 5.75 Å². The van der Waals surface area contributed by atoms with Crippen LogP contribution in [0.4, 0.5) is 11.4 Å². The maximum atomic E-state index is 14.0. The summed E-state index contributed by atoms with van der Waals surface area (Å²) in [7, 11) is 0. The Labute approximate surface area is 254 Å². The number of rotatable bonds is 6. The van der Waals surface area contributed by atoms with Crippen molar-refractivity contribution in [1.29, 1.82) is 0 Å². The average Bonchev–Trinajstić information content (AvgIpc) is 3.75. The number of thiazole rings is 1. The maximum Gasteiger partial charge on any atom is 0.305 e. The van der Waals surface area contributed by atoms with Gasteiger partial charge in [-0.1, -0.05) is 59.9 Å². The van der Waals surface area contributed by atoms with E-state index in [2.05, 4.69) is 11.1 Å². The van der Waals surface area contributed by atoms with E-state index < -0.39 is 16.8 Å². The number of carbonyl (C=O) groups excluding carboxylic acids is 2. The van der Waals surface area contributed by atoms with E-state index in [1.165, 1.54) is 40.5 Å². The van der Waals surface area contributed by atoms with Gasteiger partial charge in [0.15, 0.2) is 0 Å². The molecule has 9 nitrogen and oxygen atoms in total. The summed E-state index contributed by atoms with van der Waals surface area (Å²) in [4.78, 5) is 56.3. The van der Waals surface area contributed by atoms with Gasteiger partial charge >= 0.3 is 4.87 Å². The summed E-state index contributed by atoms with van der Waals surface area (Å²) in [6.45, 7) is 0.400. The maximum absolute atomic E-state index is 14.0. The number of aromatic amines is 1. The molecule has 4 aliphatic rings. The van der Waals surface area contributed by atoms with E-state index in [-0.39, 0.29) is 51.3 Å². The van der Waals surface area contributed by atoms with Crippen molar-refractivity contribution in [3.05, 3.63) is 115 Å². The number of nitro groups is 1. The lowest BCUT2D eigenvalue weighted by molar-refractivity contribution is -0.384. The minimum Gasteiger partial charge on any atom is -0.489 e. The first-order chi connectivity index (χ1) is 20.9. The molecule has 4 aromatic rings. The number of fused-ring (bicyclic) bond motifs is 9. The van der Waals surface area contributed by atoms with Crippen LogP contribution in [0.2, 0.25) is 0 Å². The molecule has 3 heterocycles. The van der Waals surface area contributed by atoms with Crippen molar-refractivity contribution < 1.29 is 19.2 Å². The first-order valence-corrected chi connectivity index (χ1v) is 15.9. The number of carbonyl (C=O) groups is 2. The molecule has 1 saturated heterocycles. The number of H-pyrrole nitrogens is 1. The molecular formula is C32H25N3O6S2. The number of para-hydroxylation sites is 1. The molecule has 3 aromatic carbocycles. The fourth-order valence-corrected chi connectivity index (χ4v) is 10.8. The Kier molecular flexibility index (Phi) is 6.09. The lowest BCUT2D eigenvalue weighted by Crippen LogP contribution is -2.42. The molecule has 8 rings (SSSR count). The van der Waals surface area contributed by atoms with Crippen LogP contribution < -0.4 is 14.5 Å². The Hall–Kier alpha value is -4.22. The number of anilines is 1. The highest BCUT2D eigenvalue weighted by Gasteiger charge is 2.69. The third-order valence-electron chi connectivity index (χ3n) is 9.53. The van der Waals surface area contributed by atoms with Crippen LogP contribution in [0.3, 0.4) is 0 Å². The molecule has 6 unspecified atom stereocenters. The van der Waals surface area contributed by atoms with Crippen LogP contribution >= 0.6 is 23.1 Å². The van der Waals surface area contributed by atoms with Crippen LogP contribution in [-0.4, -0.2) is 27.0 Å². The number of hydrogen-bond acceptors (Lipinski definition) is 8. The monoisotopic (exact) mass is 611 g/mol. The number of amides is 2. The number of nitrogens with one attached hydrogen (secondary N) is 1. The van der Waals surface area contributed by atoms with Crippen molar-refractivity contribution in [2.24, 2.45) is 29.6 Å². The van der Waals surface area contributed by atoms with E-state index in [0.717, 1.165) is 33.2 Å². The van der Waals surface area contributed by atoms with Crippen molar-refractivity contribution in [3.63, 3.8) is 0 Å². The third kappa shape index (κ3) is 4.01. The molecule has 2 saturated carbocycles. The first kappa shape index (κ1) is 26.4. The number of non-ortho nitro benzene ring substituents is 1. The van der Waals surface area contributed by atoms with Gasteiger partial charge in [0, 0.05) is 33.7 Å². The highest BCUT2D eigenvalue weighted by molar-refractivity contribution is 8.00. The van der Waals surface area contributed by atoms with Gasteiger partial charge in [-0.25, -0.2) is 0 Å². The SMILES string of the molecule is O=C1C2C3CC(C2C(=O)N1c1ccc([N+](=O)[O-])cc1)C1C3Sc2[nH]c(=O)sc2[C@@H]1c1ccccc1OCc1ccccc1. The summed E-state index contributed by atoms with van der Waals surface area (Å²) in [6, 6.07) is 23.5. The first-order valence-electron chi connectivity index (χ1n) is 14.2. The fraction of sp³-hybridized carbons (Fsp3) is 0.281. The van der Waals surface area contributed by atoms with Gasteiger partial charge in [0.05, 0.1) is 27.5 Å². The van der Waals surface area contributed by atoms with E-state index >= 15 is 0 Å². The number of ether oxygens (including phenoxy) is 1. The van der Waals surface area contributed by atoms with E-state index in [4.69, 9.17) is 4.74 Å². The predicted molar refractivity (Wildman–Crippen MR) is 161 cm³/mol. The van der Waals surface area contributed by atoms with Gasteiger partial charge in [0.25, 0.3) is 5.69 Å². The number of benzene rings is 3. The summed E-state index contributed by atoms with van der Waals surface area (Å²) in [6.07, 6.45) is 0.770. The molecule has 2 aliphatic carbocycles. The second-order valence-electron chi connectivity index (χ2n) is 11.6. The summed E-state index contributed by atoms with van der Waals surface area (Å²) < 4.78 is 6.39. The Balaban J connectivity index is 1.17. The molecule has 0 spiro atoms. The Bertz CT molecular complexity index is 1840. The Morgan fingerprint density at radius 2 is 1.60 bits per heavy atom. The normalized spacial score (nSPS) is 28.5. The second-order valence-corrected chi connectivity index (χ2v) is 13.8. The molecule has 2 amide bonds. The number of imide groups is 1. The molecule has 2 bridgehead atoms. The minimum absolute atomic E-state index is 0.0269. The topological polar surface area (TPSA) is 123 Å². The molecule has 43 heavy (non-hydrogen) atoms. The standard InChI is InChI=1S/C32H25N3O6S2/c36-30-25-20-14-21(26(25)31(37)34(30)17-10-12-18(13-11-17)35(39)40)27-24(20)23(28-29(42-27)33-32(38)43-28)19-8-4-5-9-22(19)41-15-16-6-2-1-3-7-16/h1-13,20-21,23-27H,14-15H2,(H,33,38)/t20?,21?,23-,24?,25?,26?,27?/m1/s1. The summed E-state index contributed by atoms with van der Waals surface area (Å²) in [5.41, 5.74) is 2.30. The van der Waals surface area contributed by atoms with Crippen LogP contribution in [0.5, 0.6) is 5.75 Å². The zero-order valence-corrected chi connectivity index (χ0v) is 24.3. The predicted octanol–water partition coefficient (Wildman–Crippen LogP) is 5.60.